The van der Waals surface area contributed by atoms with E-state index < -0.39 is 0 Å². The Balaban J connectivity index is 1.56. The number of nitrogens with zero attached hydrogens (tertiary/aromatic N) is 2. The van der Waals surface area contributed by atoms with Crippen LogP contribution in [-0.4, -0.2) is 65.0 Å². The van der Waals surface area contributed by atoms with Gasteiger partial charge in [0, 0.05) is 39.9 Å². The van der Waals surface area contributed by atoms with Crippen LogP contribution in [0, 0.1) is 5.92 Å². The zero-order valence-electron chi connectivity index (χ0n) is 15.7. The van der Waals surface area contributed by atoms with Crippen molar-refractivity contribution in [3.63, 3.8) is 0 Å². The predicted molar refractivity (Wildman–Crippen MR) is 101 cm³/mol. The molecule has 0 bridgehead atoms. The molecule has 0 heterocycles. The number of ether oxygens (including phenoxy) is 3. The summed E-state index contributed by atoms with van der Waals surface area (Å²) in [5.74, 6) is 3.33. The van der Waals surface area contributed by atoms with Crippen LogP contribution in [0.5, 0.6) is 11.5 Å². The number of methoxy groups -OCH3 is 1. The second-order valence-electron chi connectivity index (χ2n) is 6.29. The third kappa shape index (κ3) is 7.65. The van der Waals surface area contributed by atoms with Crippen molar-refractivity contribution in [2.45, 2.75) is 19.3 Å². The number of aliphatic imine (C=N–C) groups is 1. The molecule has 1 saturated carbocycles. The van der Waals surface area contributed by atoms with E-state index in [1.807, 2.05) is 31.3 Å². The average Bonchev–Trinajstić information content (AvgIpc) is 3.46. The quantitative estimate of drug-likeness (QED) is 0.378. The van der Waals surface area contributed by atoms with Crippen molar-refractivity contribution in [1.82, 2.24) is 10.2 Å². The zero-order chi connectivity index (χ0) is 17.9. The molecule has 6 nitrogen and oxygen atoms in total. The first-order valence-corrected chi connectivity index (χ1v) is 8.99. The van der Waals surface area contributed by atoms with Gasteiger partial charge < -0.3 is 24.4 Å². The molecule has 1 N–H and O–H groups in total. The second-order valence-corrected chi connectivity index (χ2v) is 6.29. The van der Waals surface area contributed by atoms with E-state index in [0.717, 1.165) is 56.1 Å². The summed E-state index contributed by atoms with van der Waals surface area (Å²) in [6.45, 7) is 3.94. The maximum atomic E-state index is 5.74. The molecule has 0 atom stereocenters. The van der Waals surface area contributed by atoms with Crippen LogP contribution in [0.15, 0.2) is 29.3 Å². The first-order valence-electron chi connectivity index (χ1n) is 8.99. The van der Waals surface area contributed by atoms with Crippen LogP contribution in [0.3, 0.4) is 0 Å². The highest BCUT2D eigenvalue weighted by atomic mass is 16.5. The summed E-state index contributed by atoms with van der Waals surface area (Å²) in [5.41, 5.74) is 0. The van der Waals surface area contributed by atoms with Gasteiger partial charge in [-0.2, -0.15) is 0 Å². The Kier molecular flexibility index (Phi) is 8.39. The molecule has 2 rings (SSSR count). The molecule has 0 unspecified atom stereocenters. The van der Waals surface area contributed by atoms with E-state index in [-0.39, 0.29) is 0 Å². The molecule has 0 radical (unpaired) electrons. The monoisotopic (exact) mass is 349 g/mol. The maximum absolute atomic E-state index is 5.74. The molecule has 25 heavy (non-hydrogen) atoms. The first kappa shape index (κ1) is 19.4. The van der Waals surface area contributed by atoms with Crippen molar-refractivity contribution in [2.24, 2.45) is 10.9 Å². The van der Waals surface area contributed by atoms with E-state index in [4.69, 9.17) is 14.2 Å². The van der Waals surface area contributed by atoms with Crippen molar-refractivity contribution >= 4 is 5.96 Å². The molecule has 0 spiro atoms. The largest absolute Gasteiger partial charge is 0.497 e. The van der Waals surface area contributed by atoms with Gasteiger partial charge in [0.25, 0.3) is 0 Å². The fourth-order valence-electron chi connectivity index (χ4n) is 2.38. The molecule has 0 saturated heterocycles. The van der Waals surface area contributed by atoms with Crippen molar-refractivity contribution in [2.75, 3.05) is 54.1 Å². The lowest BCUT2D eigenvalue weighted by Gasteiger charge is -2.22. The van der Waals surface area contributed by atoms with Crippen LogP contribution in [0.4, 0.5) is 0 Å². The lowest BCUT2D eigenvalue weighted by molar-refractivity contribution is 0.115. The fourth-order valence-corrected chi connectivity index (χ4v) is 2.38. The molecule has 6 heteroatoms. The molecule has 1 fully saturated rings. The first-order chi connectivity index (χ1) is 12.2. The SMILES string of the molecule is CN=C(NCCCOc1cccc(OC)c1)N(C)CCOCC1CC1. The third-order valence-electron chi connectivity index (χ3n) is 4.11. The topological polar surface area (TPSA) is 55.3 Å². The maximum Gasteiger partial charge on any atom is 0.193 e. The fraction of sp³-hybridized carbons (Fsp3) is 0.632. The Morgan fingerprint density at radius 1 is 1.28 bits per heavy atom. The summed E-state index contributed by atoms with van der Waals surface area (Å²) < 4.78 is 16.6. The minimum absolute atomic E-state index is 0.644. The standard InChI is InChI=1S/C19H31N3O3/c1-20-19(22(2)11-13-24-15-16-8-9-16)21-10-5-12-25-18-7-4-6-17(14-18)23-3/h4,6-7,14,16H,5,8-13,15H2,1-3H3,(H,20,21). The van der Waals surface area contributed by atoms with Crippen molar-refractivity contribution in [3.05, 3.63) is 24.3 Å². The van der Waals surface area contributed by atoms with Crippen LogP contribution in [-0.2, 0) is 4.74 Å². The van der Waals surface area contributed by atoms with E-state index in [9.17, 15) is 0 Å². The smallest absolute Gasteiger partial charge is 0.193 e. The van der Waals surface area contributed by atoms with Gasteiger partial charge in [-0.3, -0.25) is 4.99 Å². The van der Waals surface area contributed by atoms with E-state index in [2.05, 4.69) is 15.2 Å². The van der Waals surface area contributed by atoms with Crippen LogP contribution < -0.4 is 14.8 Å². The van der Waals surface area contributed by atoms with Crippen LogP contribution >= 0.6 is 0 Å². The van der Waals surface area contributed by atoms with Gasteiger partial charge in [0.05, 0.1) is 20.3 Å². The van der Waals surface area contributed by atoms with Gasteiger partial charge in [0.15, 0.2) is 5.96 Å². The molecule has 0 aliphatic heterocycles. The van der Waals surface area contributed by atoms with Gasteiger partial charge in [0.2, 0.25) is 0 Å². The van der Waals surface area contributed by atoms with Crippen molar-refractivity contribution in [3.8, 4) is 11.5 Å². The average molecular weight is 349 g/mol. The molecular formula is C19H31N3O3. The van der Waals surface area contributed by atoms with Crippen molar-refractivity contribution < 1.29 is 14.2 Å². The van der Waals surface area contributed by atoms with Gasteiger partial charge in [-0.1, -0.05) is 6.07 Å². The molecule has 1 aliphatic rings. The van der Waals surface area contributed by atoms with Crippen LogP contribution in [0.1, 0.15) is 19.3 Å². The number of nitrogens with one attached hydrogen (secondary N) is 1. The van der Waals surface area contributed by atoms with Gasteiger partial charge in [0.1, 0.15) is 11.5 Å². The zero-order valence-corrected chi connectivity index (χ0v) is 15.7. The summed E-state index contributed by atoms with van der Waals surface area (Å²) in [7, 11) is 5.49. The van der Waals surface area contributed by atoms with E-state index in [1.165, 1.54) is 12.8 Å². The normalized spacial score (nSPS) is 14.3. The highest BCUT2D eigenvalue weighted by molar-refractivity contribution is 5.79. The summed E-state index contributed by atoms with van der Waals surface area (Å²) in [4.78, 5) is 6.40. The van der Waals surface area contributed by atoms with Gasteiger partial charge in [-0.25, -0.2) is 0 Å². The van der Waals surface area contributed by atoms with E-state index in [0.29, 0.717) is 6.61 Å². The van der Waals surface area contributed by atoms with E-state index >= 15 is 0 Å². The Hall–Kier alpha value is -1.95. The Bertz CT molecular complexity index is 532. The summed E-state index contributed by atoms with van der Waals surface area (Å²) in [6, 6.07) is 7.66. The molecule has 0 amide bonds. The summed E-state index contributed by atoms with van der Waals surface area (Å²) in [5, 5.41) is 3.36. The number of hydrogen-bond donors (Lipinski definition) is 1. The van der Waals surface area contributed by atoms with Gasteiger partial charge >= 0.3 is 0 Å². The van der Waals surface area contributed by atoms with Gasteiger partial charge in [-0.15, -0.1) is 0 Å². The molecule has 1 aromatic rings. The highest BCUT2D eigenvalue weighted by Crippen LogP contribution is 2.28. The molecule has 1 aliphatic carbocycles. The number of rotatable bonds is 11. The Labute approximate surface area is 151 Å². The molecular weight excluding hydrogens is 318 g/mol. The van der Waals surface area contributed by atoms with E-state index in [1.54, 1.807) is 14.2 Å². The lowest BCUT2D eigenvalue weighted by atomic mass is 10.3. The summed E-state index contributed by atoms with van der Waals surface area (Å²) >= 11 is 0. The number of hydrogen-bond acceptors (Lipinski definition) is 4. The minimum atomic E-state index is 0.644. The van der Waals surface area contributed by atoms with Crippen LogP contribution in [0.2, 0.25) is 0 Å². The number of guanidine groups is 1. The van der Waals surface area contributed by atoms with Crippen LogP contribution in [0.25, 0.3) is 0 Å². The number of benzene rings is 1. The molecule has 140 valence electrons. The molecule has 0 aromatic heterocycles. The second kappa shape index (κ2) is 10.8. The third-order valence-corrected chi connectivity index (χ3v) is 4.11. The minimum Gasteiger partial charge on any atom is -0.497 e. The Morgan fingerprint density at radius 2 is 2.08 bits per heavy atom. The van der Waals surface area contributed by atoms with Gasteiger partial charge in [-0.05, 0) is 37.3 Å². The highest BCUT2D eigenvalue weighted by Gasteiger charge is 2.21. The number of likely N-dealkylation sites (N-methyl/N-ethyl adjacent to an activating group) is 1. The predicted octanol–water partition coefficient (Wildman–Crippen LogP) is 2.40. The van der Waals surface area contributed by atoms with Crippen molar-refractivity contribution in [1.29, 1.82) is 0 Å². The molecule has 1 aromatic carbocycles. The Morgan fingerprint density at radius 3 is 2.80 bits per heavy atom. The summed E-state index contributed by atoms with van der Waals surface area (Å²) in [6.07, 6.45) is 3.55. The lowest BCUT2D eigenvalue weighted by Crippen LogP contribution is -2.41.